The minimum Gasteiger partial charge on any atom is -0.487 e. The summed E-state index contributed by atoms with van der Waals surface area (Å²) in [7, 11) is -3.42. The molecule has 8 nitrogen and oxygen atoms in total. The number of sulfonamides is 1. The molecule has 0 radical (unpaired) electrons. The summed E-state index contributed by atoms with van der Waals surface area (Å²) in [5.74, 6) is 1.04. The van der Waals surface area contributed by atoms with Crippen LogP contribution in [0.3, 0.4) is 0 Å². The monoisotopic (exact) mass is 590 g/mol. The van der Waals surface area contributed by atoms with E-state index >= 15 is 0 Å². The molecule has 1 amide bonds. The molecular formula is C28H35ClN4O4S2. The Hall–Kier alpha value is -2.45. The lowest BCUT2D eigenvalue weighted by atomic mass is 9.79. The number of carbonyl (C=O) groups is 1. The Labute approximate surface area is 241 Å². The molecule has 1 aliphatic carbocycles. The molecule has 210 valence electrons. The number of benzene rings is 2. The number of likely N-dealkylation sites (tertiary alicyclic amines) is 1. The second-order valence-electron chi connectivity index (χ2n) is 10.7. The number of anilines is 1. The van der Waals surface area contributed by atoms with Gasteiger partial charge in [0.05, 0.1) is 29.7 Å². The lowest BCUT2D eigenvalue weighted by Crippen LogP contribution is -2.54. The zero-order chi connectivity index (χ0) is 26.9. The first kappa shape index (κ1) is 29.5. The normalized spacial score (nSPS) is 21.9. The molecule has 0 aromatic heterocycles. The Kier molecular flexibility index (Phi) is 9.06. The van der Waals surface area contributed by atoms with Crippen molar-refractivity contribution in [2.75, 3.05) is 36.1 Å². The maximum atomic E-state index is 12.6. The number of aryl methyl sites for hydroxylation is 1. The van der Waals surface area contributed by atoms with Gasteiger partial charge in [0.2, 0.25) is 15.9 Å². The van der Waals surface area contributed by atoms with Gasteiger partial charge in [-0.1, -0.05) is 6.07 Å². The molecule has 2 N–H and O–H groups in total. The van der Waals surface area contributed by atoms with E-state index in [1.54, 1.807) is 12.1 Å². The Morgan fingerprint density at radius 1 is 1.21 bits per heavy atom. The topological polar surface area (TPSA) is 112 Å². The van der Waals surface area contributed by atoms with Crippen molar-refractivity contribution in [3.05, 3.63) is 58.7 Å². The van der Waals surface area contributed by atoms with E-state index in [4.69, 9.17) is 4.74 Å². The number of carbonyl (C=O) groups excluding carboxylic acids is 1. The maximum absolute atomic E-state index is 12.6. The predicted molar refractivity (Wildman–Crippen MR) is 157 cm³/mol. The molecule has 2 aromatic carbocycles. The highest BCUT2D eigenvalue weighted by Gasteiger charge is 2.45. The average molecular weight is 591 g/mol. The van der Waals surface area contributed by atoms with Crippen LogP contribution in [0.25, 0.3) is 0 Å². The molecule has 5 rings (SSSR count). The molecule has 1 fully saturated rings. The number of hydrogen-bond acceptors (Lipinski definition) is 7. The first-order valence-corrected chi connectivity index (χ1v) is 16.3. The number of thioether (sulfide) groups is 1. The third-order valence-electron chi connectivity index (χ3n) is 7.97. The molecule has 0 saturated carbocycles. The van der Waals surface area contributed by atoms with Gasteiger partial charge in [-0.15, -0.1) is 12.4 Å². The average Bonchev–Trinajstić information content (AvgIpc) is 2.88. The fraction of sp³-hybridized carbons (Fsp3) is 0.500. The summed E-state index contributed by atoms with van der Waals surface area (Å²) in [5, 5.41) is 12.4. The van der Waals surface area contributed by atoms with Crippen molar-refractivity contribution in [3.8, 4) is 11.8 Å². The van der Waals surface area contributed by atoms with Gasteiger partial charge >= 0.3 is 0 Å². The van der Waals surface area contributed by atoms with Crippen molar-refractivity contribution in [1.82, 2.24) is 10.2 Å². The van der Waals surface area contributed by atoms with E-state index in [1.807, 2.05) is 24.5 Å². The number of hydrogen-bond donors (Lipinski definition) is 2. The second-order valence-corrected chi connectivity index (χ2v) is 13.3. The van der Waals surface area contributed by atoms with E-state index < -0.39 is 10.0 Å². The Bertz CT molecular complexity index is 1370. The van der Waals surface area contributed by atoms with Crippen molar-refractivity contribution in [3.63, 3.8) is 0 Å². The molecule has 2 aromatic rings. The second kappa shape index (κ2) is 12.0. The SMILES string of the molecule is CSCC(=O)N[C@H]1CC2(CCN([C@@H]3CCc4cc(C#N)ccc4C3)CC2)Oc2ccc(NS(C)(=O)=O)cc21.Cl. The Morgan fingerprint density at radius 3 is 2.67 bits per heavy atom. The predicted octanol–water partition coefficient (Wildman–Crippen LogP) is 4.05. The van der Waals surface area contributed by atoms with Gasteiger partial charge in [-0.2, -0.15) is 17.0 Å². The number of halogens is 1. The maximum Gasteiger partial charge on any atom is 0.230 e. The van der Waals surface area contributed by atoms with Gasteiger partial charge in [-0.3, -0.25) is 14.4 Å². The van der Waals surface area contributed by atoms with E-state index in [0.29, 0.717) is 29.7 Å². The van der Waals surface area contributed by atoms with Crippen LogP contribution in [0.5, 0.6) is 5.75 Å². The van der Waals surface area contributed by atoms with Gasteiger partial charge in [-0.25, -0.2) is 8.42 Å². The van der Waals surface area contributed by atoms with Gasteiger partial charge in [0.1, 0.15) is 11.4 Å². The summed E-state index contributed by atoms with van der Waals surface area (Å²) >= 11 is 1.47. The van der Waals surface area contributed by atoms with Crippen LogP contribution in [0.1, 0.15) is 54.0 Å². The number of nitrogens with one attached hydrogen (secondary N) is 2. The highest BCUT2D eigenvalue weighted by Crippen LogP contribution is 2.46. The zero-order valence-electron chi connectivity index (χ0n) is 22.2. The lowest BCUT2D eigenvalue weighted by molar-refractivity contribution is -0.120. The lowest BCUT2D eigenvalue weighted by Gasteiger charge is -2.49. The molecule has 0 bridgehead atoms. The van der Waals surface area contributed by atoms with E-state index in [1.165, 1.54) is 22.9 Å². The summed E-state index contributed by atoms with van der Waals surface area (Å²) in [6.45, 7) is 1.84. The van der Waals surface area contributed by atoms with Crippen molar-refractivity contribution >= 4 is 45.8 Å². The molecule has 2 aliphatic heterocycles. The Morgan fingerprint density at radius 2 is 1.97 bits per heavy atom. The molecule has 39 heavy (non-hydrogen) atoms. The molecular weight excluding hydrogens is 556 g/mol. The summed E-state index contributed by atoms with van der Waals surface area (Å²) < 4.78 is 32.7. The molecule has 2 heterocycles. The van der Waals surface area contributed by atoms with Crippen LogP contribution >= 0.6 is 24.2 Å². The van der Waals surface area contributed by atoms with Crippen molar-refractivity contribution < 1.29 is 17.9 Å². The van der Waals surface area contributed by atoms with Crippen LogP contribution in [0.4, 0.5) is 5.69 Å². The number of nitriles is 1. The summed E-state index contributed by atoms with van der Waals surface area (Å²) in [6.07, 6.45) is 8.48. The largest absolute Gasteiger partial charge is 0.487 e. The molecule has 3 aliphatic rings. The highest BCUT2D eigenvalue weighted by atomic mass is 35.5. The minimum atomic E-state index is -3.42. The van der Waals surface area contributed by atoms with Gasteiger partial charge in [0.15, 0.2) is 0 Å². The fourth-order valence-corrected chi connectivity index (χ4v) is 7.06. The van der Waals surface area contributed by atoms with Crippen molar-refractivity contribution in [2.24, 2.45) is 0 Å². The quantitative estimate of drug-likeness (QED) is 0.522. The summed E-state index contributed by atoms with van der Waals surface area (Å²) in [6, 6.07) is 13.8. The van der Waals surface area contributed by atoms with E-state index in [-0.39, 0.29) is 30.0 Å². The first-order chi connectivity index (χ1) is 18.2. The smallest absolute Gasteiger partial charge is 0.230 e. The number of piperidine rings is 1. The van der Waals surface area contributed by atoms with Gasteiger partial charge in [-0.05, 0) is 79.8 Å². The fourth-order valence-electron chi connectivity index (χ4n) is 6.16. The van der Waals surface area contributed by atoms with Crippen molar-refractivity contribution in [1.29, 1.82) is 5.26 Å². The molecule has 1 spiro atoms. The van der Waals surface area contributed by atoms with Crippen LogP contribution in [0, 0.1) is 11.3 Å². The standard InChI is InChI=1S/C28H34N4O4S2.ClH/c1-37-18-27(33)30-25-16-28(36-26-8-6-22(15-24(25)26)31-38(2,34)35)9-11-32(12-10-28)23-7-5-20-13-19(17-29)3-4-21(20)14-23;/h3-4,6,8,13,15,23,25,31H,5,7,9-12,14,16,18H2,1-2H3,(H,30,33);1H/t23-,25+;/m1./s1. The van der Waals surface area contributed by atoms with E-state index in [0.717, 1.165) is 62.6 Å². The van der Waals surface area contributed by atoms with Crippen LogP contribution < -0.4 is 14.8 Å². The van der Waals surface area contributed by atoms with Crippen LogP contribution in [0.2, 0.25) is 0 Å². The van der Waals surface area contributed by atoms with Crippen LogP contribution in [0.15, 0.2) is 36.4 Å². The Balaban J connectivity index is 0.00000353. The first-order valence-electron chi connectivity index (χ1n) is 13.0. The van der Waals surface area contributed by atoms with Crippen LogP contribution in [-0.2, 0) is 27.7 Å². The van der Waals surface area contributed by atoms with E-state index in [9.17, 15) is 18.5 Å². The number of fused-ring (bicyclic) bond motifs is 2. The van der Waals surface area contributed by atoms with Crippen LogP contribution in [-0.4, -0.2) is 62.2 Å². The number of ether oxygens (including phenoxy) is 1. The molecule has 1 saturated heterocycles. The van der Waals surface area contributed by atoms with Gasteiger partial charge in [0, 0.05) is 36.8 Å². The third kappa shape index (κ3) is 6.83. The molecule has 11 heteroatoms. The summed E-state index contributed by atoms with van der Waals surface area (Å²) in [5.41, 5.74) is 4.27. The van der Waals surface area contributed by atoms with Gasteiger partial charge in [0.25, 0.3) is 0 Å². The van der Waals surface area contributed by atoms with Gasteiger partial charge < -0.3 is 10.1 Å². The summed E-state index contributed by atoms with van der Waals surface area (Å²) in [4.78, 5) is 15.2. The molecule has 0 unspecified atom stereocenters. The third-order valence-corrected chi connectivity index (χ3v) is 9.12. The zero-order valence-corrected chi connectivity index (χ0v) is 24.7. The number of nitrogens with zero attached hydrogens (tertiary/aromatic N) is 2. The van der Waals surface area contributed by atoms with E-state index in [2.05, 4.69) is 27.1 Å². The highest BCUT2D eigenvalue weighted by molar-refractivity contribution is 7.99. The number of rotatable bonds is 6. The number of amides is 1. The minimum absolute atomic E-state index is 0. The molecule has 2 atom stereocenters. The van der Waals surface area contributed by atoms with Crippen molar-refractivity contribution in [2.45, 2.75) is 56.2 Å².